The number of thiophene rings is 1. The van der Waals surface area contributed by atoms with Crippen LogP contribution in [0.3, 0.4) is 0 Å². The van der Waals surface area contributed by atoms with Gasteiger partial charge in [0.05, 0.1) is 21.0 Å². The molecule has 0 amide bonds. The summed E-state index contributed by atoms with van der Waals surface area (Å²) < 4.78 is 38.8. The number of hydrogen-bond donors (Lipinski definition) is 0. The monoisotopic (exact) mass is 483 g/mol. The standard InChI is InChI=1S/C23H21N3O5S2/c1-3-26(18-10-5-4-6-11-18)33(28,29)19-12-7-9-17(15-19)23(27)30-16(2)21-24-25-22(31-21)20-13-8-14-32-20/h4-16H,3H2,1-2H3. The Morgan fingerprint density at radius 1 is 1.09 bits per heavy atom. The smallest absolute Gasteiger partial charge is 0.338 e. The van der Waals surface area contributed by atoms with E-state index >= 15 is 0 Å². The first-order valence-corrected chi connectivity index (χ1v) is 12.5. The van der Waals surface area contributed by atoms with Gasteiger partial charge >= 0.3 is 5.97 Å². The summed E-state index contributed by atoms with van der Waals surface area (Å²) in [4.78, 5) is 13.5. The van der Waals surface area contributed by atoms with E-state index in [1.165, 1.54) is 39.9 Å². The molecule has 0 aliphatic carbocycles. The van der Waals surface area contributed by atoms with Crippen LogP contribution in [0.5, 0.6) is 0 Å². The van der Waals surface area contributed by atoms with Crippen LogP contribution in [0.1, 0.15) is 36.2 Å². The Labute approximate surface area is 195 Å². The molecule has 0 radical (unpaired) electrons. The summed E-state index contributed by atoms with van der Waals surface area (Å²) in [5.74, 6) is -0.202. The van der Waals surface area contributed by atoms with E-state index in [1.54, 1.807) is 38.1 Å². The minimum atomic E-state index is -3.88. The van der Waals surface area contributed by atoms with Gasteiger partial charge in [-0.2, -0.15) is 0 Å². The maximum absolute atomic E-state index is 13.2. The third-order valence-corrected chi connectivity index (χ3v) is 7.55. The molecule has 1 atom stereocenters. The molecule has 4 rings (SSSR count). The number of benzene rings is 2. The van der Waals surface area contributed by atoms with Gasteiger partial charge in [-0.3, -0.25) is 4.31 Å². The number of anilines is 1. The van der Waals surface area contributed by atoms with Gasteiger partial charge in [0.25, 0.3) is 21.8 Å². The van der Waals surface area contributed by atoms with Crippen molar-refractivity contribution in [1.29, 1.82) is 0 Å². The predicted octanol–water partition coefficient (Wildman–Crippen LogP) is 4.93. The predicted molar refractivity (Wildman–Crippen MR) is 125 cm³/mol. The summed E-state index contributed by atoms with van der Waals surface area (Å²) in [7, 11) is -3.88. The third-order valence-electron chi connectivity index (χ3n) is 4.79. The molecule has 0 N–H and O–H groups in total. The van der Waals surface area contributed by atoms with Crippen molar-refractivity contribution < 1.29 is 22.4 Å². The summed E-state index contributed by atoms with van der Waals surface area (Å²) in [6.07, 6.45) is -0.810. The number of esters is 1. The van der Waals surface area contributed by atoms with Crippen molar-refractivity contribution in [2.75, 3.05) is 10.8 Å². The lowest BCUT2D eigenvalue weighted by Gasteiger charge is -2.23. The number of carbonyl (C=O) groups is 1. The molecule has 33 heavy (non-hydrogen) atoms. The van der Waals surface area contributed by atoms with Crippen molar-refractivity contribution in [1.82, 2.24) is 10.2 Å². The van der Waals surface area contributed by atoms with E-state index in [1.807, 2.05) is 23.6 Å². The average Bonchev–Trinajstić information content (AvgIpc) is 3.52. The molecule has 1 unspecified atom stereocenters. The number of aromatic nitrogens is 2. The summed E-state index contributed by atoms with van der Waals surface area (Å²) in [6.45, 7) is 3.60. The molecule has 0 fully saturated rings. The number of nitrogens with zero attached hydrogens (tertiary/aromatic N) is 3. The molecular weight excluding hydrogens is 462 g/mol. The second kappa shape index (κ2) is 9.55. The van der Waals surface area contributed by atoms with Crippen molar-refractivity contribution in [2.45, 2.75) is 24.8 Å². The molecule has 2 heterocycles. The zero-order valence-corrected chi connectivity index (χ0v) is 19.5. The molecule has 0 aliphatic rings. The number of sulfonamides is 1. The van der Waals surface area contributed by atoms with Gasteiger partial charge in [-0.05, 0) is 55.6 Å². The first-order valence-electron chi connectivity index (χ1n) is 10.2. The van der Waals surface area contributed by atoms with Crippen LogP contribution in [0, 0.1) is 0 Å². The van der Waals surface area contributed by atoms with Crippen LogP contribution in [-0.4, -0.2) is 31.1 Å². The average molecular weight is 484 g/mol. The fraction of sp³-hybridized carbons (Fsp3) is 0.174. The van der Waals surface area contributed by atoms with E-state index in [0.717, 1.165) is 4.88 Å². The van der Waals surface area contributed by atoms with Crippen LogP contribution in [0.25, 0.3) is 10.8 Å². The molecule has 4 aromatic rings. The van der Waals surface area contributed by atoms with E-state index in [4.69, 9.17) is 9.15 Å². The minimum Gasteiger partial charge on any atom is -0.449 e. The highest BCUT2D eigenvalue weighted by Crippen LogP contribution is 2.27. The van der Waals surface area contributed by atoms with Gasteiger partial charge < -0.3 is 9.15 Å². The Bertz CT molecular complexity index is 1340. The summed E-state index contributed by atoms with van der Waals surface area (Å²) in [6, 6.07) is 18.3. The molecule has 10 heteroatoms. The van der Waals surface area contributed by atoms with Crippen LogP contribution in [0.2, 0.25) is 0 Å². The van der Waals surface area contributed by atoms with Crippen LogP contribution in [-0.2, 0) is 14.8 Å². The summed E-state index contributed by atoms with van der Waals surface area (Å²) >= 11 is 1.45. The highest BCUT2D eigenvalue weighted by Gasteiger charge is 2.26. The molecule has 170 valence electrons. The number of ether oxygens (including phenoxy) is 1. The van der Waals surface area contributed by atoms with Gasteiger partial charge in [-0.15, -0.1) is 21.5 Å². The lowest BCUT2D eigenvalue weighted by molar-refractivity contribution is 0.0279. The molecule has 0 aliphatic heterocycles. The Morgan fingerprint density at radius 3 is 2.58 bits per heavy atom. The fourth-order valence-corrected chi connectivity index (χ4v) is 5.34. The van der Waals surface area contributed by atoms with Gasteiger partial charge in [0.1, 0.15) is 0 Å². The molecule has 0 spiro atoms. The SMILES string of the molecule is CCN(c1ccccc1)S(=O)(=O)c1cccc(C(=O)OC(C)c2nnc(-c3cccs3)o2)c1. The Balaban J connectivity index is 1.53. The molecule has 2 aromatic heterocycles. The number of rotatable bonds is 8. The highest BCUT2D eigenvalue weighted by atomic mass is 32.2. The van der Waals surface area contributed by atoms with E-state index in [2.05, 4.69) is 10.2 Å². The molecule has 0 bridgehead atoms. The quantitative estimate of drug-likeness (QED) is 0.327. The number of carbonyl (C=O) groups excluding carboxylic acids is 1. The third kappa shape index (κ3) is 4.81. The van der Waals surface area contributed by atoms with Crippen LogP contribution >= 0.6 is 11.3 Å². The maximum Gasteiger partial charge on any atom is 0.338 e. The molecular formula is C23H21N3O5S2. The minimum absolute atomic E-state index is 0.00641. The van der Waals surface area contributed by atoms with Crippen LogP contribution in [0.4, 0.5) is 5.69 Å². The van der Waals surface area contributed by atoms with Crippen LogP contribution < -0.4 is 4.31 Å². The molecule has 2 aromatic carbocycles. The topological polar surface area (TPSA) is 103 Å². The van der Waals surface area contributed by atoms with Crippen molar-refractivity contribution >= 4 is 33.0 Å². The zero-order chi connectivity index (χ0) is 23.4. The molecule has 0 saturated heterocycles. The first kappa shape index (κ1) is 22.7. The van der Waals surface area contributed by atoms with Crippen molar-refractivity contribution in [3.63, 3.8) is 0 Å². The van der Waals surface area contributed by atoms with E-state index in [0.29, 0.717) is 11.6 Å². The van der Waals surface area contributed by atoms with E-state index < -0.39 is 22.1 Å². The Kier molecular flexibility index (Phi) is 6.57. The Hall–Kier alpha value is -3.50. The van der Waals surface area contributed by atoms with Crippen molar-refractivity contribution in [2.24, 2.45) is 0 Å². The second-order valence-corrected chi connectivity index (χ2v) is 9.81. The molecule has 0 saturated carbocycles. The van der Waals surface area contributed by atoms with Crippen molar-refractivity contribution in [3.8, 4) is 10.8 Å². The first-order chi connectivity index (χ1) is 15.9. The van der Waals surface area contributed by atoms with Crippen LogP contribution in [0.15, 0.2) is 81.4 Å². The van der Waals surface area contributed by atoms with Gasteiger partial charge in [-0.25, -0.2) is 13.2 Å². The van der Waals surface area contributed by atoms with Gasteiger partial charge in [0.15, 0.2) is 6.10 Å². The van der Waals surface area contributed by atoms with E-state index in [-0.39, 0.29) is 22.9 Å². The Morgan fingerprint density at radius 2 is 1.88 bits per heavy atom. The van der Waals surface area contributed by atoms with Gasteiger partial charge in [0, 0.05) is 6.54 Å². The maximum atomic E-state index is 13.2. The van der Waals surface area contributed by atoms with Gasteiger partial charge in [0.2, 0.25) is 0 Å². The normalized spacial score (nSPS) is 12.3. The van der Waals surface area contributed by atoms with E-state index in [9.17, 15) is 13.2 Å². The fourth-order valence-electron chi connectivity index (χ4n) is 3.17. The summed E-state index contributed by atoms with van der Waals surface area (Å²) in [5.41, 5.74) is 0.643. The second-order valence-electron chi connectivity index (χ2n) is 7.00. The largest absolute Gasteiger partial charge is 0.449 e. The highest BCUT2D eigenvalue weighted by molar-refractivity contribution is 7.92. The summed E-state index contributed by atoms with van der Waals surface area (Å²) in [5, 5.41) is 9.83. The number of para-hydroxylation sites is 1. The number of hydrogen-bond acceptors (Lipinski definition) is 8. The zero-order valence-electron chi connectivity index (χ0n) is 17.9. The molecule has 8 nitrogen and oxygen atoms in total. The van der Waals surface area contributed by atoms with Crippen molar-refractivity contribution in [3.05, 3.63) is 83.6 Å². The van der Waals surface area contributed by atoms with Gasteiger partial charge in [-0.1, -0.05) is 30.3 Å². The lowest BCUT2D eigenvalue weighted by Crippen LogP contribution is -2.30. The lowest BCUT2D eigenvalue weighted by atomic mass is 10.2.